The predicted octanol–water partition coefficient (Wildman–Crippen LogP) is 5.68. The molecular weight excluding hydrogens is 472 g/mol. The zero-order chi connectivity index (χ0) is 21.2. The molecule has 0 amide bonds. The summed E-state index contributed by atoms with van der Waals surface area (Å²) in [5, 5.41) is 4.75. The monoisotopic (exact) mass is 496 g/mol. The molecule has 0 bridgehead atoms. The second kappa shape index (κ2) is 9.12. The van der Waals surface area contributed by atoms with Crippen LogP contribution in [0.15, 0.2) is 34.6 Å². The summed E-state index contributed by atoms with van der Waals surface area (Å²) in [7, 11) is 0. The Bertz CT molecular complexity index is 1190. The minimum absolute atomic E-state index is 0.722. The van der Waals surface area contributed by atoms with Crippen molar-refractivity contribution in [2.24, 2.45) is 5.92 Å². The third kappa shape index (κ3) is 4.28. The van der Waals surface area contributed by atoms with Gasteiger partial charge in [0, 0.05) is 34.0 Å². The van der Waals surface area contributed by atoms with Crippen molar-refractivity contribution in [1.29, 1.82) is 0 Å². The molecular formula is C23H25BrN6S. The Morgan fingerprint density at radius 3 is 2.84 bits per heavy atom. The number of hydrogen-bond donors (Lipinski definition) is 0. The van der Waals surface area contributed by atoms with Gasteiger partial charge in [0.05, 0.1) is 11.2 Å². The largest absolute Gasteiger partial charge is 0.253 e. The highest BCUT2D eigenvalue weighted by molar-refractivity contribution is 9.10. The summed E-state index contributed by atoms with van der Waals surface area (Å²) in [6.45, 7) is 2.20. The average Bonchev–Trinajstić information content (AvgIpc) is 3.52. The number of rotatable bonds is 7. The molecule has 4 aromatic rings. The van der Waals surface area contributed by atoms with E-state index in [-0.39, 0.29) is 0 Å². The SMILES string of the molecule is CCCc1c(Cc2scnc2-c2ncccc2Br)ncn2nc(CC3CCCC3)nc12. The summed E-state index contributed by atoms with van der Waals surface area (Å²) in [4.78, 5) is 20.1. The van der Waals surface area contributed by atoms with Gasteiger partial charge in [0.1, 0.15) is 17.7 Å². The normalized spacial score (nSPS) is 14.6. The summed E-state index contributed by atoms with van der Waals surface area (Å²) >= 11 is 5.26. The van der Waals surface area contributed by atoms with E-state index in [1.54, 1.807) is 17.5 Å². The van der Waals surface area contributed by atoms with E-state index in [0.29, 0.717) is 0 Å². The maximum absolute atomic E-state index is 4.96. The summed E-state index contributed by atoms with van der Waals surface area (Å²) in [5.74, 6) is 1.69. The van der Waals surface area contributed by atoms with Gasteiger partial charge in [-0.1, -0.05) is 39.0 Å². The molecule has 1 fully saturated rings. The van der Waals surface area contributed by atoms with Crippen molar-refractivity contribution in [2.45, 2.75) is 58.3 Å². The molecule has 0 spiro atoms. The van der Waals surface area contributed by atoms with E-state index in [9.17, 15) is 0 Å². The standard InChI is InChI=1S/C23H25BrN6S/c1-2-6-16-18(12-19-22(27-14-31-19)21-17(24)9-5-10-25-21)26-13-30-23(16)28-20(29-30)11-15-7-3-4-8-15/h5,9-10,13-15H,2-4,6-8,11-12H2,1H3. The first-order chi connectivity index (χ1) is 15.2. The quantitative estimate of drug-likeness (QED) is 0.329. The lowest BCUT2D eigenvalue weighted by molar-refractivity contribution is 0.530. The molecule has 0 aromatic carbocycles. The highest BCUT2D eigenvalue weighted by Crippen LogP contribution is 2.32. The summed E-state index contributed by atoms with van der Waals surface area (Å²) < 4.78 is 2.83. The van der Waals surface area contributed by atoms with Crippen LogP contribution in [0.5, 0.6) is 0 Å². The molecule has 8 heteroatoms. The lowest BCUT2D eigenvalue weighted by Crippen LogP contribution is -2.05. The third-order valence-electron chi connectivity index (χ3n) is 6.01. The molecule has 0 N–H and O–H groups in total. The zero-order valence-electron chi connectivity index (χ0n) is 17.6. The van der Waals surface area contributed by atoms with Crippen molar-refractivity contribution in [3.05, 3.63) is 56.6 Å². The molecule has 31 heavy (non-hydrogen) atoms. The van der Waals surface area contributed by atoms with Crippen LogP contribution in [0.3, 0.4) is 0 Å². The van der Waals surface area contributed by atoms with E-state index in [1.165, 1.54) is 36.1 Å². The van der Waals surface area contributed by atoms with Crippen LogP contribution in [-0.4, -0.2) is 29.5 Å². The number of nitrogens with zero attached hydrogens (tertiary/aromatic N) is 6. The van der Waals surface area contributed by atoms with Crippen molar-refractivity contribution in [1.82, 2.24) is 29.5 Å². The summed E-state index contributed by atoms with van der Waals surface area (Å²) in [6.07, 6.45) is 12.6. The van der Waals surface area contributed by atoms with Gasteiger partial charge in [0.2, 0.25) is 0 Å². The van der Waals surface area contributed by atoms with Gasteiger partial charge >= 0.3 is 0 Å². The van der Waals surface area contributed by atoms with E-state index in [0.717, 1.165) is 64.6 Å². The highest BCUT2D eigenvalue weighted by atomic mass is 79.9. The predicted molar refractivity (Wildman–Crippen MR) is 126 cm³/mol. The molecule has 1 aliphatic carbocycles. The first kappa shape index (κ1) is 20.7. The minimum atomic E-state index is 0.722. The maximum atomic E-state index is 4.96. The van der Waals surface area contributed by atoms with Gasteiger partial charge < -0.3 is 0 Å². The second-order valence-corrected chi connectivity index (χ2v) is 10.00. The fourth-order valence-corrected chi connectivity index (χ4v) is 5.71. The average molecular weight is 497 g/mol. The van der Waals surface area contributed by atoms with E-state index in [1.807, 2.05) is 28.5 Å². The molecule has 1 saturated carbocycles. The fraction of sp³-hybridized carbons (Fsp3) is 0.435. The molecule has 0 unspecified atom stereocenters. The molecule has 0 aliphatic heterocycles. The highest BCUT2D eigenvalue weighted by Gasteiger charge is 2.21. The minimum Gasteiger partial charge on any atom is -0.253 e. The number of hydrogen-bond acceptors (Lipinski definition) is 6. The van der Waals surface area contributed by atoms with Crippen molar-refractivity contribution >= 4 is 32.9 Å². The smallest absolute Gasteiger partial charge is 0.162 e. The Hall–Kier alpha value is -2.19. The van der Waals surface area contributed by atoms with Gasteiger partial charge in [0.15, 0.2) is 11.5 Å². The van der Waals surface area contributed by atoms with Crippen molar-refractivity contribution < 1.29 is 0 Å². The number of halogens is 1. The zero-order valence-corrected chi connectivity index (χ0v) is 20.0. The molecule has 1 aliphatic rings. The molecule has 0 radical (unpaired) electrons. The third-order valence-corrected chi connectivity index (χ3v) is 7.49. The van der Waals surface area contributed by atoms with E-state index >= 15 is 0 Å². The van der Waals surface area contributed by atoms with Gasteiger partial charge in [-0.3, -0.25) is 4.98 Å². The molecule has 6 nitrogen and oxygen atoms in total. The Balaban J connectivity index is 1.49. The first-order valence-electron chi connectivity index (χ1n) is 11.0. The topological polar surface area (TPSA) is 68.9 Å². The van der Waals surface area contributed by atoms with Gasteiger partial charge in [-0.15, -0.1) is 16.4 Å². The Labute approximate surface area is 194 Å². The van der Waals surface area contributed by atoms with Crippen LogP contribution in [0.2, 0.25) is 0 Å². The van der Waals surface area contributed by atoms with Gasteiger partial charge in [-0.05, 0) is 40.4 Å². The molecule has 4 heterocycles. The summed E-state index contributed by atoms with van der Waals surface area (Å²) in [6, 6.07) is 3.92. The lowest BCUT2D eigenvalue weighted by Gasteiger charge is -2.09. The van der Waals surface area contributed by atoms with Crippen LogP contribution in [0.1, 0.15) is 61.0 Å². The van der Waals surface area contributed by atoms with Gasteiger partial charge in [-0.2, -0.15) is 0 Å². The Morgan fingerprint density at radius 1 is 1.16 bits per heavy atom. The second-order valence-electron chi connectivity index (χ2n) is 8.21. The molecule has 4 aromatic heterocycles. The Kier molecular flexibility index (Phi) is 6.09. The number of aromatic nitrogens is 6. The first-order valence-corrected chi connectivity index (χ1v) is 12.7. The van der Waals surface area contributed by atoms with Crippen molar-refractivity contribution in [3.63, 3.8) is 0 Å². The maximum Gasteiger partial charge on any atom is 0.162 e. The van der Waals surface area contributed by atoms with Crippen molar-refractivity contribution in [3.8, 4) is 11.4 Å². The molecule has 5 rings (SSSR count). The Morgan fingerprint density at radius 2 is 2.03 bits per heavy atom. The van der Waals surface area contributed by atoms with Gasteiger partial charge in [0.25, 0.3) is 0 Å². The van der Waals surface area contributed by atoms with E-state index < -0.39 is 0 Å². The van der Waals surface area contributed by atoms with Crippen molar-refractivity contribution in [2.75, 3.05) is 0 Å². The number of aryl methyl sites for hydroxylation is 1. The van der Waals surface area contributed by atoms with Crippen LogP contribution >= 0.6 is 27.3 Å². The van der Waals surface area contributed by atoms with E-state index in [4.69, 9.17) is 15.1 Å². The number of fused-ring (bicyclic) bond motifs is 1. The molecule has 0 saturated heterocycles. The molecule has 0 atom stereocenters. The van der Waals surface area contributed by atoms with Crippen LogP contribution in [0.4, 0.5) is 0 Å². The number of pyridine rings is 1. The van der Waals surface area contributed by atoms with Crippen LogP contribution in [0, 0.1) is 5.92 Å². The summed E-state index contributed by atoms with van der Waals surface area (Å²) in [5.41, 5.74) is 6.91. The van der Waals surface area contributed by atoms with Gasteiger partial charge in [-0.25, -0.2) is 19.5 Å². The van der Waals surface area contributed by atoms with Crippen LogP contribution < -0.4 is 0 Å². The van der Waals surface area contributed by atoms with Crippen LogP contribution in [-0.2, 0) is 19.3 Å². The van der Waals surface area contributed by atoms with Crippen LogP contribution in [0.25, 0.3) is 17.0 Å². The number of thiazole rings is 1. The molecule has 160 valence electrons. The lowest BCUT2D eigenvalue weighted by atomic mass is 10.0. The fourth-order valence-electron chi connectivity index (χ4n) is 4.50. The van der Waals surface area contributed by atoms with E-state index in [2.05, 4.69) is 32.8 Å².